The Labute approximate surface area is 101 Å². The molecular weight excluding hydrogens is 273 g/mol. The molecule has 0 amide bonds. The Balaban J connectivity index is 2.94. The van der Waals surface area contributed by atoms with Crippen LogP contribution in [0.2, 0.25) is 0 Å². The fourth-order valence-corrected chi connectivity index (χ4v) is 2.33. The molecule has 18 heavy (non-hydrogen) atoms. The van der Waals surface area contributed by atoms with Gasteiger partial charge in [0.05, 0.1) is 4.90 Å². The van der Waals surface area contributed by atoms with Crippen molar-refractivity contribution < 1.29 is 31.1 Å². The van der Waals surface area contributed by atoms with E-state index in [1.54, 1.807) is 0 Å². The number of carbonyl (C=O) groups excluding carboxylic acids is 1. The van der Waals surface area contributed by atoms with Gasteiger partial charge in [-0.15, -0.1) is 0 Å². The van der Waals surface area contributed by atoms with E-state index in [4.69, 9.17) is 0 Å². The van der Waals surface area contributed by atoms with Gasteiger partial charge in [0.15, 0.2) is 15.6 Å². The van der Waals surface area contributed by atoms with Gasteiger partial charge in [-0.2, -0.15) is 13.2 Å². The molecule has 8 heteroatoms. The van der Waals surface area contributed by atoms with E-state index >= 15 is 0 Å². The molecule has 0 heterocycles. The molecule has 0 saturated carbocycles. The lowest BCUT2D eigenvalue weighted by Gasteiger charge is -2.08. The van der Waals surface area contributed by atoms with Gasteiger partial charge in [-0.1, -0.05) is 0 Å². The SMILES string of the molecule is CC(=O)Oc1ccc(S(=O)(=O)CC(F)(F)F)cc1. The first kappa shape index (κ1) is 14.5. The van der Waals surface area contributed by atoms with Crippen molar-refractivity contribution in [2.24, 2.45) is 0 Å². The molecule has 0 atom stereocenters. The van der Waals surface area contributed by atoms with Gasteiger partial charge >= 0.3 is 12.1 Å². The zero-order chi connectivity index (χ0) is 14.0. The molecule has 0 radical (unpaired) electrons. The van der Waals surface area contributed by atoms with Crippen LogP contribution in [0.4, 0.5) is 13.2 Å². The van der Waals surface area contributed by atoms with Crippen LogP contribution in [-0.2, 0) is 14.6 Å². The lowest BCUT2D eigenvalue weighted by Crippen LogP contribution is -2.22. The van der Waals surface area contributed by atoms with Crippen LogP contribution in [0, 0.1) is 0 Å². The molecule has 0 fully saturated rings. The molecule has 0 N–H and O–H groups in total. The van der Waals surface area contributed by atoms with Crippen LogP contribution >= 0.6 is 0 Å². The van der Waals surface area contributed by atoms with Crippen molar-refractivity contribution in [3.8, 4) is 5.75 Å². The average molecular weight is 282 g/mol. The number of ether oxygens (including phenoxy) is 1. The van der Waals surface area contributed by atoms with Gasteiger partial charge in [0, 0.05) is 6.92 Å². The van der Waals surface area contributed by atoms with E-state index in [2.05, 4.69) is 4.74 Å². The average Bonchev–Trinajstić information content (AvgIpc) is 2.13. The molecule has 0 aromatic heterocycles. The van der Waals surface area contributed by atoms with Crippen LogP contribution in [0.15, 0.2) is 29.2 Å². The van der Waals surface area contributed by atoms with Gasteiger partial charge in [0.1, 0.15) is 5.75 Å². The molecule has 0 aliphatic heterocycles. The Morgan fingerprint density at radius 3 is 2.11 bits per heavy atom. The van der Waals surface area contributed by atoms with Gasteiger partial charge in [-0.05, 0) is 24.3 Å². The largest absolute Gasteiger partial charge is 0.427 e. The molecule has 4 nitrogen and oxygen atoms in total. The maximum Gasteiger partial charge on any atom is 0.403 e. The highest BCUT2D eigenvalue weighted by atomic mass is 32.2. The Kier molecular flexibility index (Phi) is 4.00. The zero-order valence-electron chi connectivity index (χ0n) is 9.19. The van der Waals surface area contributed by atoms with E-state index < -0.39 is 32.6 Å². The van der Waals surface area contributed by atoms with Gasteiger partial charge in [-0.3, -0.25) is 4.79 Å². The number of sulfone groups is 1. The first-order valence-corrected chi connectivity index (χ1v) is 6.33. The van der Waals surface area contributed by atoms with Crippen LogP contribution < -0.4 is 4.74 Å². The minimum atomic E-state index is -4.80. The highest BCUT2D eigenvalue weighted by Gasteiger charge is 2.35. The molecular formula is C10H9F3O4S. The predicted octanol–water partition coefficient (Wildman–Crippen LogP) is 1.95. The van der Waals surface area contributed by atoms with Crippen LogP contribution in [0.5, 0.6) is 5.75 Å². The predicted molar refractivity (Wildman–Crippen MR) is 55.9 cm³/mol. The lowest BCUT2D eigenvalue weighted by atomic mass is 10.3. The standard InChI is InChI=1S/C10H9F3O4S/c1-7(14)17-8-2-4-9(5-3-8)18(15,16)6-10(11,12)13/h2-5H,6H2,1H3. The monoisotopic (exact) mass is 282 g/mol. The Hall–Kier alpha value is -1.57. The van der Waals surface area contributed by atoms with E-state index in [9.17, 15) is 26.4 Å². The van der Waals surface area contributed by atoms with Gasteiger partial charge in [0.2, 0.25) is 0 Å². The van der Waals surface area contributed by atoms with Gasteiger partial charge < -0.3 is 4.74 Å². The quantitative estimate of drug-likeness (QED) is 0.628. The molecule has 1 aromatic carbocycles. The number of esters is 1. The van der Waals surface area contributed by atoms with Crippen LogP contribution in [0.1, 0.15) is 6.92 Å². The first-order chi connectivity index (χ1) is 8.10. The van der Waals surface area contributed by atoms with Crippen molar-refractivity contribution >= 4 is 15.8 Å². The van der Waals surface area contributed by atoms with Crippen molar-refractivity contribution in [1.82, 2.24) is 0 Å². The minimum absolute atomic E-state index is 0.0634. The van der Waals surface area contributed by atoms with Crippen molar-refractivity contribution in [2.45, 2.75) is 18.0 Å². The number of alkyl halides is 3. The topological polar surface area (TPSA) is 60.4 Å². The van der Waals surface area contributed by atoms with Crippen molar-refractivity contribution in [1.29, 1.82) is 0 Å². The van der Waals surface area contributed by atoms with E-state index in [1.807, 2.05) is 0 Å². The van der Waals surface area contributed by atoms with Gasteiger partial charge in [0.25, 0.3) is 0 Å². The lowest BCUT2D eigenvalue weighted by molar-refractivity contribution is -0.131. The smallest absolute Gasteiger partial charge is 0.403 e. The van der Waals surface area contributed by atoms with Crippen molar-refractivity contribution in [3.63, 3.8) is 0 Å². The van der Waals surface area contributed by atoms with Crippen molar-refractivity contribution in [3.05, 3.63) is 24.3 Å². The molecule has 0 aliphatic carbocycles. The molecule has 0 spiro atoms. The molecule has 1 rings (SSSR count). The maximum atomic E-state index is 12.0. The third-order valence-electron chi connectivity index (χ3n) is 1.80. The summed E-state index contributed by atoms with van der Waals surface area (Å²) in [5, 5.41) is 0. The Bertz CT molecular complexity index is 531. The van der Waals surface area contributed by atoms with Crippen molar-refractivity contribution in [2.75, 3.05) is 5.75 Å². The summed E-state index contributed by atoms with van der Waals surface area (Å²) in [6.07, 6.45) is -4.80. The summed E-state index contributed by atoms with van der Waals surface area (Å²) in [6.45, 7) is 1.15. The number of hydrogen-bond acceptors (Lipinski definition) is 4. The number of rotatable bonds is 3. The second-order valence-corrected chi connectivity index (χ2v) is 5.43. The normalized spacial score (nSPS) is 12.2. The Morgan fingerprint density at radius 1 is 1.22 bits per heavy atom. The number of benzene rings is 1. The van der Waals surface area contributed by atoms with Gasteiger partial charge in [-0.25, -0.2) is 8.42 Å². The second-order valence-electron chi connectivity index (χ2n) is 3.44. The molecule has 0 aliphatic rings. The number of carbonyl (C=O) groups is 1. The summed E-state index contributed by atoms with van der Waals surface area (Å²) in [5.74, 6) is -2.47. The highest BCUT2D eigenvalue weighted by molar-refractivity contribution is 7.91. The zero-order valence-corrected chi connectivity index (χ0v) is 10.0. The van der Waals surface area contributed by atoms with E-state index in [0.29, 0.717) is 0 Å². The molecule has 0 unspecified atom stereocenters. The van der Waals surface area contributed by atoms with E-state index in [-0.39, 0.29) is 5.75 Å². The van der Waals surface area contributed by atoms with E-state index in [1.165, 1.54) is 0 Å². The summed E-state index contributed by atoms with van der Waals surface area (Å²) in [4.78, 5) is 10.1. The first-order valence-electron chi connectivity index (χ1n) is 4.68. The Morgan fingerprint density at radius 2 is 1.72 bits per heavy atom. The summed E-state index contributed by atoms with van der Waals surface area (Å²) < 4.78 is 63.5. The fourth-order valence-electron chi connectivity index (χ4n) is 1.18. The minimum Gasteiger partial charge on any atom is -0.427 e. The summed E-state index contributed by atoms with van der Waals surface area (Å²) >= 11 is 0. The second kappa shape index (κ2) is 4.97. The van der Waals surface area contributed by atoms with E-state index in [0.717, 1.165) is 31.2 Å². The summed E-state index contributed by atoms with van der Waals surface area (Å²) in [6, 6.07) is 4.15. The highest BCUT2D eigenvalue weighted by Crippen LogP contribution is 2.23. The summed E-state index contributed by atoms with van der Waals surface area (Å²) in [7, 11) is -4.43. The fraction of sp³-hybridized carbons (Fsp3) is 0.300. The molecule has 100 valence electrons. The third kappa shape index (κ3) is 4.36. The number of hydrogen-bond donors (Lipinski definition) is 0. The molecule has 1 aromatic rings. The molecule has 0 bridgehead atoms. The number of halogens is 3. The van der Waals surface area contributed by atoms with Crippen LogP contribution in [0.25, 0.3) is 0 Å². The molecule has 0 saturated heterocycles. The van der Waals surface area contributed by atoms with Crippen LogP contribution in [-0.4, -0.2) is 26.3 Å². The van der Waals surface area contributed by atoms with Crippen LogP contribution in [0.3, 0.4) is 0 Å². The third-order valence-corrected chi connectivity index (χ3v) is 3.50. The summed E-state index contributed by atoms with van der Waals surface area (Å²) in [5.41, 5.74) is 0. The maximum absolute atomic E-state index is 12.0.